The molecule has 0 aromatic heterocycles. The van der Waals surface area contributed by atoms with Gasteiger partial charge in [-0.1, -0.05) is 109 Å². The molecule has 0 N–H and O–H groups in total. The number of unbranched alkanes of at least 4 members (excludes halogenated alkanes) is 13. The molecule has 2 unspecified atom stereocenters. The second-order valence-corrected chi connectivity index (χ2v) is 13.5. The summed E-state index contributed by atoms with van der Waals surface area (Å²) in [6.07, 6.45) is 18.6. The van der Waals surface area contributed by atoms with Crippen molar-refractivity contribution in [2.45, 2.75) is 116 Å². The van der Waals surface area contributed by atoms with Crippen molar-refractivity contribution in [2.24, 2.45) is 0 Å². The molecule has 0 fully saturated rings. The minimum absolute atomic E-state index is 0.00559. The number of nitrogens with zero attached hydrogens (tertiary/aromatic N) is 1. The normalized spacial score (nSPS) is 14.0. The Morgan fingerprint density at radius 3 is 1.90 bits per heavy atom. The number of quaternary nitrogens is 1. The van der Waals surface area contributed by atoms with Gasteiger partial charge in [0.25, 0.3) is 7.82 Å². The van der Waals surface area contributed by atoms with E-state index in [9.17, 15) is 14.3 Å². The van der Waals surface area contributed by atoms with Crippen LogP contribution in [-0.4, -0.2) is 64.1 Å². The average Bonchev–Trinajstić information content (AvgIpc) is 2.90. The van der Waals surface area contributed by atoms with E-state index in [4.69, 9.17) is 18.5 Å². The third-order valence-corrected chi connectivity index (χ3v) is 7.92. The third kappa shape index (κ3) is 21.9. The molecule has 0 heterocycles. The summed E-state index contributed by atoms with van der Waals surface area (Å²) in [5, 5.41) is 0. The predicted octanol–water partition coefficient (Wildman–Crippen LogP) is 7.23. The van der Waals surface area contributed by atoms with Gasteiger partial charge < -0.3 is 27.9 Å². The predicted molar refractivity (Wildman–Crippen MR) is 164 cm³/mol. The maximum absolute atomic E-state index is 12.1. The van der Waals surface area contributed by atoms with Crippen LogP contribution in [0.1, 0.15) is 109 Å². The molecule has 2 atom stereocenters. The molecule has 0 aliphatic rings. The highest BCUT2D eigenvalue weighted by Crippen LogP contribution is 2.38. The fourth-order valence-electron chi connectivity index (χ4n) is 4.53. The summed E-state index contributed by atoms with van der Waals surface area (Å²) >= 11 is 0. The number of ether oxygens (including phenoxy) is 2. The van der Waals surface area contributed by atoms with Gasteiger partial charge in [-0.2, -0.15) is 0 Å². The van der Waals surface area contributed by atoms with Gasteiger partial charge in [0.05, 0.1) is 27.7 Å². The van der Waals surface area contributed by atoms with Gasteiger partial charge in [0.15, 0.2) is 6.10 Å². The summed E-state index contributed by atoms with van der Waals surface area (Å²) in [4.78, 5) is 23.7. The Morgan fingerprint density at radius 2 is 1.37 bits per heavy atom. The Kier molecular flexibility index (Phi) is 20.3. The van der Waals surface area contributed by atoms with E-state index in [1.807, 2.05) is 45.4 Å². The second kappa shape index (κ2) is 22.1. The Balaban J connectivity index is 2.33. The van der Waals surface area contributed by atoms with Gasteiger partial charge in [-0.3, -0.25) is 9.36 Å². The van der Waals surface area contributed by atoms with E-state index in [-0.39, 0.29) is 19.8 Å². The van der Waals surface area contributed by atoms with Crippen LogP contribution in [0.15, 0.2) is 24.3 Å². The number of benzene rings is 1. The molecule has 9 heteroatoms. The molecule has 41 heavy (non-hydrogen) atoms. The first-order chi connectivity index (χ1) is 19.5. The van der Waals surface area contributed by atoms with Crippen molar-refractivity contribution in [3.63, 3.8) is 0 Å². The zero-order valence-electron chi connectivity index (χ0n) is 26.6. The molecule has 1 aromatic rings. The number of aryl methyl sites for hydroxylation is 1. The summed E-state index contributed by atoms with van der Waals surface area (Å²) in [5.74, 6) is 0.174. The molecular formula is C32H58NO7P. The Bertz CT molecular complexity index is 859. The van der Waals surface area contributed by atoms with Crippen molar-refractivity contribution in [3.8, 4) is 5.75 Å². The van der Waals surface area contributed by atoms with E-state index in [0.29, 0.717) is 16.8 Å². The monoisotopic (exact) mass is 599 g/mol. The molecule has 0 radical (unpaired) electrons. The number of carbonyl (C=O) groups excluding carboxylic acids is 1. The number of phosphoric acid groups is 1. The standard InChI is InChI=1S/C32H58NO7P/c1-6-7-8-9-10-11-12-13-14-15-16-17-18-19-22-30-23-20-21-24-32(30)37-27-31(40-29(2)34)28-39-41(35,36)38-26-25-33(3,4)5/h20-21,23-24,31H,6-19,22,25-28H2,1-5H3. The number of para-hydroxylation sites is 1. The van der Waals surface area contributed by atoms with Crippen molar-refractivity contribution in [1.29, 1.82) is 0 Å². The molecule has 1 rings (SSSR count). The zero-order valence-corrected chi connectivity index (χ0v) is 27.5. The van der Waals surface area contributed by atoms with Crippen LogP contribution in [0.3, 0.4) is 0 Å². The maximum Gasteiger partial charge on any atom is 0.303 e. The van der Waals surface area contributed by atoms with Gasteiger partial charge in [-0.15, -0.1) is 0 Å². The van der Waals surface area contributed by atoms with Gasteiger partial charge in [0.1, 0.15) is 25.5 Å². The first-order valence-corrected chi connectivity index (χ1v) is 17.3. The minimum atomic E-state index is -4.53. The number of rotatable bonds is 26. The molecule has 0 aliphatic heterocycles. The summed E-state index contributed by atoms with van der Waals surface area (Å²) in [7, 11) is 1.28. The van der Waals surface area contributed by atoms with E-state index >= 15 is 0 Å². The smallest absolute Gasteiger partial charge is 0.303 e. The lowest BCUT2D eigenvalue weighted by Gasteiger charge is -2.28. The van der Waals surface area contributed by atoms with Crippen LogP contribution in [0, 0.1) is 0 Å². The van der Waals surface area contributed by atoms with Crippen LogP contribution in [-0.2, 0) is 29.6 Å². The maximum atomic E-state index is 12.1. The highest BCUT2D eigenvalue weighted by atomic mass is 31.2. The summed E-state index contributed by atoms with van der Waals surface area (Å²) in [6, 6.07) is 7.81. The molecule has 8 nitrogen and oxygen atoms in total. The van der Waals surface area contributed by atoms with E-state index in [1.165, 1.54) is 90.4 Å². The quantitative estimate of drug-likeness (QED) is 0.0480. The molecular weight excluding hydrogens is 541 g/mol. The summed E-state index contributed by atoms with van der Waals surface area (Å²) < 4.78 is 33.8. The lowest BCUT2D eigenvalue weighted by Crippen LogP contribution is -2.37. The van der Waals surface area contributed by atoms with E-state index in [1.54, 1.807) is 0 Å². The number of hydrogen-bond acceptors (Lipinski definition) is 7. The van der Waals surface area contributed by atoms with Crippen molar-refractivity contribution in [3.05, 3.63) is 29.8 Å². The van der Waals surface area contributed by atoms with Gasteiger partial charge in [0.2, 0.25) is 0 Å². The Morgan fingerprint density at radius 1 is 0.829 bits per heavy atom. The van der Waals surface area contributed by atoms with Crippen LogP contribution < -0.4 is 9.63 Å². The largest absolute Gasteiger partial charge is 0.756 e. The van der Waals surface area contributed by atoms with Crippen molar-refractivity contribution in [2.75, 3.05) is 47.5 Å². The lowest BCUT2D eigenvalue weighted by atomic mass is 10.0. The number of likely N-dealkylation sites (N-methyl/N-ethyl adjacent to an activating group) is 1. The second-order valence-electron chi connectivity index (χ2n) is 12.1. The number of esters is 1. The highest BCUT2D eigenvalue weighted by molar-refractivity contribution is 7.45. The summed E-state index contributed by atoms with van der Waals surface area (Å²) in [6.45, 7) is 3.65. The van der Waals surface area contributed by atoms with Crippen LogP contribution in [0.2, 0.25) is 0 Å². The van der Waals surface area contributed by atoms with Gasteiger partial charge >= 0.3 is 5.97 Å². The SMILES string of the molecule is CCCCCCCCCCCCCCCCc1ccccc1OCC(COP(=O)([O-])OCC[N+](C)(C)C)OC(C)=O. The van der Waals surface area contributed by atoms with Crippen LogP contribution in [0.25, 0.3) is 0 Å². The van der Waals surface area contributed by atoms with Crippen LogP contribution in [0.4, 0.5) is 0 Å². The molecule has 0 bridgehead atoms. The molecule has 0 saturated carbocycles. The third-order valence-electron chi connectivity index (χ3n) is 6.96. The van der Waals surface area contributed by atoms with Crippen molar-refractivity contribution < 1.29 is 37.3 Å². The number of phosphoric ester groups is 1. The Labute approximate surface area is 250 Å². The molecule has 0 saturated heterocycles. The van der Waals surface area contributed by atoms with E-state index in [0.717, 1.165) is 18.4 Å². The molecule has 0 aliphatic carbocycles. The topological polar surface area (TPSA) is 94.1 Å². The van der Waals surface area contributed by atoms with E-state index in [2.05, 4.69) is 6.92 Å². The molecule has 1 aromatic carbocycles. The fourth-order valence-corrected chi connectivity index (χ4v) is 5.26. The first-order valence-electron chi connectivity index (χ1n) is 15.8. The van der Waals surface area contributed by atoms with E-state index < -0.39 is 19.9 Å². The molecule has 238 valence electrons. The first kappa shape index (κ1) is 37.6. The number of carbonyl (C=O) groups is 1. The minimum Gasteiger partial charge on any atom is -0.756 e. The van der Waals surface area contributed by atoms with Crippen LogP contribution >= 0.6 is 7.82 Å². The van der Waals surface area contributed by atoms with Crippen LogP contribution in [0.5, 0.6) is 5.75 Å². The van der Waals surface area contributed by atoms with Gasteiger partial charge in [-0.25, -0.2) is 0 Å². The lowest BCUT2D eigenvalue weighted by molar-refractivity contribution is -0.870. The number of hydrogen-bond donors (Lipinski definition) is 0. The van der Waals surface area contributed by atoms with Crippen molar-refractivity contribution >= 4 is 13.8 Å². The van der Waals surface area contributed by atoms with Gasteiger partial charge in [0, 0.05) is 6.92 Å². The average molecular weight is 600 g/mol. The molecule has 0 spiro atoms. The fraction of sp³-hybridized carbons (Fsp3) is 0.781. The molecule has 0 amide bonds. The summed E-state index contributed by atoms with van der Waals surface area (Å²) in [5.41, 5.74) is 1.09. The Hall–Kier alpha value is -1.44. The zero-order chi connectivity index (χ0) is 30.4. The van der Waals surface area contributed by atoms with Gasteiger partial charge in [-0.05, 0) is 24.5 Å². The highest BCUT2D eigenvalue weighted by Gasteiger charge is 2.20. The van der Waals surface area contributed by atoms with Crippen molar-refractivity contribution in [1.82, 2.24) is 0 Å².